The number of nitrogens with one attached hydrogen (secondary N) is 1. The average Bonchev–Trinajstić information content (AvgIpc) is 3.18. The number of carbonyl (C=O) groups is 3. The van der Waals surface area contributed by atoms with Crippen LogP contribution in [0.5, 0.6) is 5.75 Å². The van der Waals surface area contributed by atoms with E-state index in [1.54, 1.807) is 36.3 Å². The first-order valence-corrected chi connectivity index (χ1v) is 13.1. The standard InChI is InChI=1S/C30H31N3O5S/c1-37-25-14-8-22(9-15-25)16-18-32-26(20-27(34)31-24-12-10-23(11-13-24)29(36)38-2)28(35)33(30(32)39)19-17-21-6-4-3-5-7-21/h3-15,26H,16-20H2,1-2H3,(H,31,34). The van der Waals surface area contributed by atoms with E-state index in [2.05, 4.69) is 5.32 Å². The molecule has 1 heterocycles. The van der Waals surface area contributed by atoms with Crippen molar-refractivity contribution in [2.45, 2.75) is 25.3 Å². The molecule has 0 bridgehead atoms. The molecule has 0 saturated carbocycles. The van der Waals surface area contributed by atoms with Crippen LogP contribution in [0.4, 0.5) is 5.69 Å². The molecule has 0 aromatic heterocycles. The lowest BCUT2D eigenvalue weighted by Crippen LogP contribution is -2.39. The molecule has 0 aliphatic carbocycles. The monoisotopic (exact) mass is 545 g/mol. The normalized spacial score (nSPS) is 14.9. The van der Waals surface area contributed by atoms with Gasteiger partial charge in [-0.2, -0.15) is 0 Å². The molecule has 1 N–H and O–H groups in total. The number of rotatable bonds is 11. The molecule has 1 unspecified atom stereocenters. The first kappa shape index (κ1) is 27.8. The second-order valence-corrected chi connectivity index (χ2v) is 9.50. The summed E-state index contributed by atoms with van der Waals surface area (Å²) < 4.78 is 9.95. The summed E-state index contributed by atoms with van der Waals surface area (Å²) in [5.41, 5.74) is 3.08. The highest BCUT2D eigenvalue weighted by Crippen LogP contribution is 2.23. The van der Waals surface area contributed by atoms with Crippen LogP contribution in [0.15, 0.2) is 78.9 Å². The summed E-state index contributed by atoms with van der Waals surface area (Å²) in [6, 6.07) is 23.3. The van der Waals surface area contributed by atoms with E-state index in [9.17, 15) is 14.4 Å². The molecule has 1 saturated heterocycles. The van der Waals surface area contributed by atoms with Crippen molar-refractivity contribution >= 4 is 40.8 Å². The van der Waals surface area contributed by atoms with Gasteiger partial charge in [0.2, 0.25) is 5.91 Å². The number of methoxy groups -OCH3 is 2. The molecule has 0 radical (unpaired) electrons. The summed E-state index contributed by atoms with van der Waals surface area (Å²) in [6.45, 7) is 0.929. The van der Waals surface area contributed by atoms with Gasteiger partial charge in [0.25, 0.3) is 5.91 Å². The molecule has 1 aliphatic rings. The molecule has 2 amide bonds. The molecule has 0 spiro atoms. The van der Waals surface area contributed by atoms with E-state index < -0.39 is 12.0 Å². The van der Waals surface area contributed by atoms with Gasteiger partial charge in [-0.15, -0.1) is 0 Å². The van der Waals surface area contributed by atoms with Gasteiger partial charge in [0.05, 0.1) is 26.2 Å². The number of thiocarbonyl (C=S) groups is 1. The lowest BCUT2D eigenvalue weighted by atomic mass is 10.1. The van der Waals surface area contributed by atoms with Gasteiger partial charge in [0.1, 0.15) is 11.8 Å². The minimum Gasteiger partial charge on any atom is -0.497 e. The predicted octanol–water partition coefficient (Wildman–Crippen LogP) is 4.09. The summed E-state index contributed by atoms with van der Waals surface area (Å²) in [4.78, 5) is 41.7. The lowest BCUT2D eigenvalue weighted by Gasteiger charge is -2.24. The maximum atomic E-state index is 13.5. The fraction of sp³-hybridized carbons (Fsp3) is 0.267. The molecule has 8 nitrogen and oxygen atoms in total. The Bertz CT molecular complexity index is 1310. The summed E-state index contributed by atoms with van der Waals surface area (Å²) in [7, 11) is 2.93. The van der Waals surface area contributed by atoms with Crippen LogP contribution < -0.4 is 10.1 Å². The van der Waals surface area contributed by atoms with Gasteiger partial charge in [-0.1, -0.05) is 42.5 Å². The SMILES string of the molecule is COC(=O)c1ccc(NC(=O)CC2C(=O)N(CCc3ccccc3)C(=S)N2CCc2ccc(OC)cc2)cc1. The Labute approximate surface area is 233 Å². The van der Waals surface area contributed by atoms with Gasteiger partial charge in [-0.05, 0) is 72.6 Å². The summed E-state index contributed by atoms with van der Waals surface area (Å²) in [5, 5.41) is 3.26. The van der Waals surface area contributed by atoms with Gasteiger partial charge in [-0.3, -0.25) is 14.5 Å². The van der Waals surface area contributed by atoms with Crippen molar-refractivity contribution in [3.63, 3.8) is 0 Å². The van der Waals surface area contributed by atoms with Crippen LogP contribution >= 0.6 is 12.2 Å². The molecule has 4 rings (SSSR count). The molecule has 202 valence electrons. The van der Waals surface area contributed by atoms with Crippen molar-refractivity contribution in [2.75, 3.05) is 32.6 Å². The molecule has 9 heteroatoms. The zero-order valence-electron chi connectivity index (χ0n) is 22.0. The smallest absolute Gasteiger partial charge is 0.337 e. The van der Waals surface area contributed by atoms with Gasteiger partial charge in [0.15, 0.2) is 5.11 Å². The van der Waals surface area contributed by atoms with Crippen LogP contribution in [-0.4, -0.2) is 66.0 Å². The lowest BCUT2D eigenvalue weighted by molar-refractivity contribution is -0.130. The first-order chi connectivity index (χ1) is 18.9. The van der Waals surface area contributed by atoms with Gasteiger partial charge < -0.3 is 19.7 Å². The van der Waals surface area contributed by atoms with Crippen molar-refractivity contribution < 1.29 is 23.9 Å². The maximum absolute atomic E-state index is 13.5. The topological polar surface area (TPSA) is 88.2 Å². The summed E-state index contributed by atoms with van der Waals surface area (Å²) in [5.74, 6) is -0.184. The Balaban J connectivity index is 1.46. The van der Waals surface area contributed by atoms with E-state index >= 15 is 0 Å². The van der Waals surface area contributed by atoms with E-state index in [0.29, 0.717) is 42.3 Å². The van der Waals surface area contributed by atoms with Gasteiger partial charge in [0, 0.05) is 18.8 Å². The summed E-state index contributed by atoms with van der Waals surface area (Å²) in [6.07, 6.45) is 1.25. The number of benzene rings is 3. The Kier molecular flexibility index (Phi) is 9.27. The Morgan fingerprint density at radius 2 is 1.51 bits per heavy atom. The number of nitrogens with zero attached hydrogens (tertiary/aromatic N) is 2. The third kappa shape index (κ3) is 7.00. The second-order valence-electron chi connectivity index (χ2n) is 9.14. The van der Waals surface area contributed by atoms with Crippen LogP contribution in [0.25, 0.3) is 0 Å². The van der Waals surface area contributed by atoms with Crippen molar-refractivity contribution in [1.82, 2.24) is 9.80 Å². The molecule has 3 aromatic carbocycles. The zero-order valence-corrected chi connectivity index (χ0v) is 22.8. The van der Waals surface area contributed by atoms with E-state index in [1.807, 2.05) is 59.5 Å². The van der Waals surface area contributed by atoms with E-state index in [1.165, 1.54) is 7.11 Å². The number of hydrogen-bond acceptors (Lipinski definition) is 6. The molecule has 39 heavy (non-hydrogen) atoms. The fourth-order valence-electron chi connectivity index (χ4n) is 4.47. The van der Waals surface area contributed by atoms with Crippen LogP contribution in [0.3, 0.4) is 0 Å². The third-order valence-corrected chi connectivity index (χ3v) is 7.09. The number of hydrogen-bond donors (Lipinski definition) is 1. The van der Waals surface area contributed by atoms with E-state index in [4.69, 9.17) is 21.7 Å². The number of ether oxygens (including phenoxy) is 2. The number of amides is 2. The number of carbonyl (C=O) groups excluding carboxylic acids is 3. The minimum atomic E-state index is -0.708. The Morgan fingerprint density at radius 3 is 2.15 bits per heavy atom. The second kappa shape index (κ2) is 13.0. The van der Waals surface area contributed by atoms with Crippen LogP contribution in [-0.2, 0) is 27.2 Å². The van der Waals surface area contributed by atoms with Crippen molar-refractivity contribution in [1.29, 1.82) is 0 Å². The van der Waals surface area contributed by atoms with E-state index in [0.717, 1.165) is 16.9 Å². The highest BCUT2D eigenvalue weighted by Gasteiger charge is 2.42. The quantitative estimate of drug-likeness (QED) is 0.287. The highest BCUT2D eigenvalue weighted by molar-refractivity contribution is 7.80. The van der Waals surface area contributed by atoms with Crippen molar-refractivity contribution in [3.8, 4) is 5.75 Å². The third-order valence-electron chi connectivity index (χ3n) is 6.64. The van der Waals surface area contributed by atoms with Gasteiger partial charge in [-0.25, -0.2) is 4.79 Å². The average molecular weight is 546 g/mol. The highest BCUT2D eigenvalue weighted by atomic mass is 32.1. The van der Waals surface area contributed by atoms with Crippen LogP contribution in [0, 0.1) is 0 Å². The number of esters is 1. The van der Waals surface area contributed by atoms with Crippen LogP contribution in [0.1, 0.15) is 27.9 Å². The maximum Gasteiger partial charge on any atom is 0.337 e. The Hall–Kier alpha value is -4.24. The molecule has 1 atom stereocenters. The molecular weight excluding hydrogens is 514 g/mol. The Morgan fingerprint density at radius 1 is 0.872 bits per heavy atom. The van der Waals surface area contributed by atoms with Crippen LogP contribution in [0.2, 0.25) is 0 Å². The molecule has 3 aromatic rings. The molecular formula is C30H31N3O5S. The predicted molar refractivity (Wildman–Crippen MR) is 153 cm³/mol. The minimum absolute atomic E-state index is 0.0534. The number of anilines is 1. The first-order valence-electron chi connectivity index (χ1n) is 12.7. The largest absolute Gasteiger partial charge is 0.497 e. The molecule has 1 aliphatic heterocycles. The van der Waals surface area contributed by atoms with Gasteiger partial charge >= 0.3 is 5.97 Å². The summed E-state index contributed by atoms with van der Waals surface area (Å²) >= 11 is 5.75. The van der Waals surface area contributed by atoms with E-state index in [-0.39, 0.29) is 18.2 Å². The zero-order chi connectivity index (χ0) is 27.8. The fourth-order valence-corrected chi connectivity index (χ4v) is 4.87. The van der Waals surface area contributed by atoms with Crippen molar-refractivity contribution in [3.05, 3.63) is 95.6 Å². The van der Waals surface area contributed by atoms with Crippen molar-refractivity contribution in [2.24, 2.45) is 0 Å². The molecule has 1 fully saturated rings.